The molecule has 4 heteroatoms. The molecule has 0 aliphatic heterocycles. The predicted molar refractivity (Wildman–Crippen MR) is 73.5 cm³/mol. The maximum atomic E-state index is 11.5. The molecule has 0 unspecified atom stereocenters. The molecular weight excluding hydrogens is 242 g/mol. The van der Waals surface area contributed by atoms with Gasteiger partial charge in [0.1, 0.15) is 0 Å². The van der Waals surface area contributed by atoms with Gasteiger partial charge >= 0.3 is 0 Å². The summed E-state index contributed by atoms with van der Waals surface area (Å²) in [6, 6.07) is 12.7. The minimum atomic E-state index is -0.472. The van der Waals surface area contributed by atoms with E-state index in [9.17, 15) is 4.79 Å². The topological polar surface area (TPSA) is 61.5 Å². The maximum absolute atomic E-state index is 11.5. The second kappa shape index (κ2) is 5.44. The molecule has 0 atom stereocenters. The molecule has 0 fully saturated rings. The third-order valence-electron chi connectivity index (χ3n) is 2.89. The molecule has 0 aliphatic rings. The third-order valence-corrected chi connectivity index (χ3v) is 2.89. The molecule has 0 spiro atoms. The molecule has 0 radical (unpaired) electrons. The number of rotatable bonds is 4. The number of hydrogen-bond acceptors (Lipinski definition) is 3. The van der Waals surface area contributed by atoms with Crippen LogP contribution in [0, 0.1) is 0 Å². The fourth-order valence-corrected chi connectivity index (χ4v) is 2.03. The molecule has 0 saturated heterocycles. The van der Waals surface area contributed by atoms with Crippen molar-refractivity contribution in [3.05, 3.63) is 48.0 Å². The first-order valence-electron chi connectivity index (χ1n) is 5.79. The van der Waals surface area contributed by atoms with E-state index in [1.165, 1.54) is 0 Å². The number of primary amides is 1. The summed E-state index contributed by atoms with van der Waals surface area (Å²) in [5.41, 5.74) is 7.36. The quantitative estimate of drug-likeness (QED) is 0.915. The molecule has 4 nitrogen and oxygen atoms in total. The van der Waals surface area contributed by atoms with Gasteiger partial charge in [-0.1, -0.05) is 30.3 Å². The highest BCUT2D eigenvalue weighted by molar-refractivity contribution is 6.00. The highest BCUT2D eigenvalue weighted by Gasteiger charge is 2.16. The largest absolute Gasteiger partial charge is 0.493 e. The van der Waals surface area contributed by atoms with Crippen LogP contribution in [0.1, 0.15) is 10.4 Å². The smallest absolute Gasteiger partial charge is 0.249 e. The number of amides is 1. The van der Waals surface area contributed by atoms with Crippen LogP contribution in [0.15, 0.2) is 42.5 Å². The normalized spacial score (nSPS) is 10.0. The van der Waals surface area contributed by atoms with E-state index in [1.54, 1.807) is 32.4 Å². The highest BCUT2D eigenvalue weighted by Crippen LogP contribution is 2.38. The van der Waals surface area contributed by atoms with Crippen LogP contribution in [0.25, 0.3) is 11.1 Å². The Kier molecular flexibility index (Phi) is 3.71. The molecule has 0 aromatic heterocycles. The molecule has 2 aromatic carbocycles. The van der Waals surface area contributed by atoms with Gasteiger partial charge in [0.2, 0.25) is 5.91 Å². The zero-order chi connectivity index (χ0) is 13.8. The van der Waals surface area contributed by atoms with Gasteiger partial charge in [0, 0.05) is 11.1 Å². The number of para-hydroxylation sites is 1. The van der Waals surface area contributed by atoms with Crippen molar-refractivity contribution in [1.82, 2.24) is 0 Å². The fraction of sp³-hybridized carbons (Fsp3) is 0.133. The van der Waals surface area contributed by atoms with Crippen LogP contribution in [0.2, 0.25) is 0 Å². The van der Waals surface area contributed by atoms with E-state index < -0.39 is 5.91 Å². The molecule has 2 aromatic rings. The lowest BCUT2D eigenvalue weighted by molar-refractivity contribution is 0.100. The number of methoxy groups -OCH3 is 2. The number of carbonyl (C=O) groups excluding carboxylic acids is 1. The number of ether oxygens (including phenoxy) is 2. The van der Waals surface area contributed by atoms with Crippen molar-refractivity contribution in [3.8, 4) is 22.6 Å². The van der Waals surface area contributed by atoms with Gasteiger partial charge in [0.05, 0.1) is 14.2 Å². The van der Waals surface area contributed by atoms with Gasteiger partial charge < -0.3 is 15.2 Å². The molecule has 0 heterocycles. The average Bonchev–Trinajstić information content (AvgIpc) is 2.46. The van der Waals surface area contributed by atoms with Crippen LogP contribution in [0.3, 0.4) is 0 Å². The van der Waals surface area contributed by atoms with E-state index >= 15 is 0 Å². The standard InChI is InChI=1S/C15H15NO3/c1-18-13-9-5-8-11(14(13)19-2)10-6-3-4-7-12(10)15(16)17/h3-9H,1-2H3,(H2,16,17). The molecule has 0 bridgehead atoms. The van der Waals surface area contributed by atoms with Crippen molar-refractivity contribution >= 4 is 5.91 Å². The Bertz CT molecular complexity index is 608. The lowest BCUT2D eigenvalue weighted by Gasteiger charge is -2.14. The molecule has 2 N–H and O–H groups in total. The summed E-state index contributed by atoms with van der Waals surface area (Å²) >= 11 is 0. The highest BCUT2D eigenvalue weighted by atomic mass is 16.5. The molecule has 2 rings (SSSR count). The van der Waals surface area contributed by atoms with Crippen LogP contribution in [-0.2, 0) is 0 Å². The minimum absolute atomic E-state index is 0.453. The predicted octanol–water partition coefficient (Wildman–Crippen LogP) is 2.47. The van der Waals surface area contributed by atoms with Crippen molar-refractivity contribution in [1.29, 1.82) is 0 Å². The molecule has 98 valence electrons. The summed E-state index contributed by atoms with van der Waals surface area (Å²) in [6.45, 7) is 0. The molecule has 0 aliphatic carbocycles. The van der Waals surface area contributed by atoms with E-state index in [4.69, 9.17) is 15.2 Å². The zero-order valence-corrected chi connectivity index (χ0v) is 10.8. The Hall–Kier alpha value is -2.49. The Morgan fingerprint density at radius 3 is 2.26 bits per heavy atom. The van der Waals surface area contributed by atoms with Gasteiger partial charge in [-0.2, -0.15) is 0 Å². The third kappa shape index (κ3) is 2.38. The van der Waals surface area contributed by atoms with E-state index in [-0.39, 0.29) is 0 Å². The van der Waals surface area contributed by atoms with Gasteiger partial charge in [-0.25, -0.2) is 0 Å². The Labute approximate surface area is 111 Å². The number of benzene rings is 2. The first-order valence-corrected chi connectivity index (χ1v) is 5.79. The summed E-state index contributed by atoms with van der Waals surface area (Å²) in [4.78, 5) is 11.5. The number of carbonyl (C=O) groups is 1. The SMILES string of the molecule is COc1cccc(-c2ccccc2C(N)=O)c1OC. The Balaban J connectivity index is 2.69. The van der Waals surface area contributed by atoms with Crippen molar-refractivity contribution in [3.63, 3.8) is 0 Å². The molecule has 0 saturated carbocycles. The van der Waals surface area contributed by atoms with E-state index in [0.29, 0.717) is 17.1 Å². The summed E-state index contributed by atoms with van der Waals surface area (Å²) in [7, 11) is 3.13. The fourth-order valence-electron chi connectivity index (χ4n) is 2.03. The van der Waals surface area contributed by atoms with E-state index in [0.717, 1.165) is 11.1 Å². The van der Waals surface area contributed by atoms with Gasteiger partial charge in [0.25, 0.3) is 0 Å². The molecule has 1 amide bonds. The average molecular weight is 257 g/mol. The zero-order valence-electron chi connectivity index (χ0n) is 10.8. The lowest BCUT2D eigenvalue weighted by atomic mass is 9.98. The van der Waals surface area contributed by atoms with E-state index in [2.05, 4.69) is 0 Å². The van der Waals surface area contributed by atoms with Gasteiger partial charge in [0.15, 0.2) is 11.5 Å². The van der Waals surface area contributed by atoms with E-state index in [1.807, 2.05) is 24.3 Å². The summed E-state index contributed by atoms with van der Waals surface area (Å²) in [5, 5.41) is 0. The van der Waals surface area contributed by atoms with Crippen molar-refractivity contribution in [2.75, 3.05) is 14.2 Å². The summed E-state index contributed by atoms with van der Waals surface area (Å²) < 4.78 is 10.6. The number of nitrogens with two attached hydrogens (primary N) is 1. The van der Waals surface area contributed by atoms with Crippen molar-refractivity contribution in [2.45, 2.75) is 0 Å². The van der Waals surface area contributed by atoms with Crippen LogP contribution in [0.4, 0.5) is 0 Å². The lowest BCUT2D eigenvalue weighted by Crippen LogP contribution is -2.12. The van der Waals surface area contributed by atoms with Crippen molar-refractivity contribution in [2.24, 2.45) is 5.73 Å². The summed E-state index contributed by atoms with van der Waals surface area (Å²) in [5.74, 6) is 0.721. The maximum Gasteiger partial charge on any atom is 0.249 e. The second-order valence-corrected chi connectivity index (χ2v) is 3.95. The molecular formula is C15H15NO3. The molecule has 19 heavy (non-hydrogen) atoms. The second-order valence-electron chi connectivity index (χ2n) is 3.95. The van der Waals surface area contributed by atoms with Crippen LogP contribution in [0.5, 0.6) is 11.5 Å². The Morgan fingerprint density at radius 2 is 1.63 bits per heavy atom. The number of hydrogen-bond donors (Lipinski definition) is 1. The van der Waals surface area contributed by atoms with Gasteiger partial charge in [-0.3, -0.25) is 4.79 Å². The summed E-state index contributed by atoms with van der Waals surface area (Å²) in [6.07, 6.45) is 0. The minimum Gasteiger partial charge on any atom is -0.493 e. The van der Waals surface area contributed by atoms with Crippen LogP contribution >= 0.6 is 0 Å². The monoisotopic (exact) mass is 257 g/mol. The van der Waals surface area contributed by atoms with Crippen LogP contribution < -0.4 is 15.2 Å². The van der Waals surface area contributed by atoms with Crippen LogP contribution in [-0.4, -0.2) is 20.1 Å². The van der Waals surface area contributed by atoms with Gasteiger partial charge in [-0.15, -0.1) is 0 Å². The Morgan fingerprint density at radius 1 is 0.947 bits per heavy atom. The van der Waals surface area contributed by atoms with Gasteiger partial charge in [-0.05, 0) is 17.7 Å². The van der Waals surface area contributed by atoms with Crippen molar-refractivity contribution < 1.29 is 14.3 Å². The first kappa shape index (κ1) is 13.0. The first-order chi connectivity index (χ1) is 9.19.